The Morgan fingerprint density at radius 2 is 1.97 bits per heavy atom. The Bertz CT molecular complexity index is 1130. The highest BCUT2D eigenvalue weighted by molar-refractivity contribution is 7.99. The molecule has 4 N–H and O–H groups in total. The zero-order valence-electron chi connectivity index (χ0n) is 20.0. The third-order valence-electron chi connectivity index (χ3n) is 6.08. The zero-order chi connectivity index (χ0) is 24.8. The fourth-order valence-corrected chi connectivity index (χ4v) is 4.82. The maximum Gasteiger partial charge on any atom is 0.226 e. The van der Waals surface area contributed by atoms with Gasteiger partial charge in [-0.2, -0.15) is 0 Å². The first-order chi connectivity index (χ1) is 17.0. The standard InChI is InChI=1S/C23H32N8O3S/c1-3-5-8-25-20-17-21(28-23(27-20)35-11-4-2)31(30-29-17)16-12-15(18(32)19(16)33)22(34)26-13-14-6-9-24-10-7-14/h6-7,9-10,15-16,18-19,32-33H,3-5,8,11-13H2,1-2H3,(H,26,34)(H,25,27,28)/t15-,16+,18+,19-/m0/s1. The summed E-state index contributed by atoms with van der Waals surface area (Å²) in [6, 6.07) is 2.98. The number of unbranched alkanes of at least 4 members (excludes halogenated alkanes) is 1. The summed E-state index contributed by atoms with van der Waals surface area (Å²) in [6.07, 6.45) is 4.12. The molecule has 3 aromatic heterocycles. The number of thioether (sulfide) groups is 1. The van der Waals surface area contributed by atoms with Gasteiger partial charge in [-0.05, 0) is 37.0 Å². The molecule has 0 aromatic carbocycles. The number of rotatable bonds is 11. The predicted molar refractivity (Wildman–Crippen MR) is 133 cm³/mol. The lowest BCUT2D eigenvalue weighted by Gasteiger charge is -2.17. The second-order valence-electron chi connectivity index (χ2n) is 8.65. The van der Waals surface area contributed by atoms with E-state index in [1.165, 1.54) is 4.68 Å². The molecule has 0 aliphatic heterocycles. The number of hydrogen-bond donors (Lipinski definition) is 4. The van der Waals surface area contributed by atoms with Crippen molar-refractivity contribution in [3.63, 3.8) is 0 Å². The van der Waals surface area contributed by atoms with E-state index in [9.17, 15) is 15.0 Å². The van der Waals surface area contributed by atoms with Crippen molar-refractivity contribution in [1.29, 1.82) is 0 Å². The molecule has 35 heavy (non-hydrogen) atoms. The van der Waals surface area contributed by atoms with Crippen LogP contribution in [-0.2, 0) is 11.3 Å². The fraction of sp³-hybridized carbons (Fsp3) is 0.565. The first-order valence-corrected chi connectivity index (χ1v) is 13.0. The van der Waals surface area contributed by atoms with Gasteiger partial charge in [0.1, 0.15) is 6.10 Å². The Balaban J connectivity index is 1.56. The maximum absolute atomic E-state index is 12.8. The Kier molecular flexibility index (Phi) is 8.47. The van der Waals surface area contributed by atoms with Gasteiger partial charge in [0.2, 0.25) is 5.91 Å². The largest absolute Gasteiger partial charge is 0.390 e. The number of anilines is 1. The van der Waals surface area contributed by atoms with Crippen LogP contribution >= 0.6 is 11.8 Å². The lowest BCUT2D eigenvalue weighted by molar-refractivity contribution is -0.129. The van der Waals surface area contributed by atoms with Crippen LogP contribution < -0.4 is 10.6 Å². The number of nitrogens with zero attached hydrogens (tertiary/aromatic N) is 6. The van der Waals surface area contributed by atoms with Crippen LogP contribution in [-0.4, -0.2) is 70.6 Å². The lowest BCUT2D eigenvalue weighted by Crippen LogP contribution is -2.38. The minimum absolute atomic E-state index is 0.211. The molecule has 0 radical (unpaired) electrons. The molecular weight excluding hydrogens is 468 g/mol. The van der Waals surface area contributed by atoms with E-state index in [2.05, 4.69) is 49.7 Å². The van der Waals surface area contributed by atoms with E-state index >= 15 is 0 Å². The number of fused-ring (bicyclic) bond motifs is 1. The highest BCUT2D eigenvalue weighted by Gasteiger charge is 2.47. The van der Waals surface area contributed by atoms with Crippen LogP contribution in [0.3, 0.4) is 0 Å². The van der Waals surface area contributed by atoms with Crippen molar-refractivity contribution in [3.8, 4) is 0 Å². The van der Waals surface area contributed by atoms with Gasteiger partial charge in [-0.25, -0.2) is 14.6 Å². The average molecular weight is 501 g/mol. The van der Waals surface area contributed by atoms with Crippen LogP contribution in [0, 0.1) is 5.92 Å². The van der Waals surface area contributed by atoms with Crippen molar-refractivity contribution >= 4 is 34.7 Å². The summed E-state index contributed by atoms with van der Waals surface area (Å²) < 4.78 is 1.53. The van der Waals surface area contributed by atoms with Gasteiger partial charge in [0.05, 0.1) is 18.1 Å². The number of aromatic nitrogens is 6. The molecule has 0 bridgehead atoms. The van der Waals surface area contributed by atoms with E-state index < -0.39 is 24.2 Å². The minimum Gasteiger partial charge on any atom is -0.390 e. The lowest BCUT2D eigenvalue weighted by atomic mass is 10.0. The van der Waals surface area contributed by atoms with Crippen molar-refractivity contribution in [2.75, 3.05) is 17.6 Å². The summed E-state index contributed by atoms with van der Waals surface area (Å²) >= 11 is 1.54. The number of aliphatic hydroxyl groups is 2. The van der Waals surface area contributed by atoms with Crippen LogP contribution in [0.5, 0.6) is 0 Å². The van der Waals surface area contributed by atoms with Crippen LogP contribution in [0.25, 0.3) is 11.2 Å². The molecule has 0 unspecified atom stereocenters. The maximum atomic E-state index is 12.8. The molecular formula is C23H32N8O3S. The molecule has 188 valence electrons. The molecule has 0 spiro atoms. The second-order valence-corrected chi connectivity index (χ2v) is 9.72. The van der Waals surface area contributed by atoms with Crippen molar-refractivity contribution in [2.24, 2.45) is 5.92 Å². The van der Waals surface area contributed by atoms with E-state index in [0.717, 1.165) is 37.1 Å². The number of carbonyl (C=O) groups excluding carboxylic acids is 1. The Morgan fingerprint density at radius 3 is 2.71 bits per heavy atom. The fourth-order valence-electron chi connectivity index (χ4n) is 4.13. The topological polar surface area (TPSA) is 151 Å². The number of amides is 1. The molecule has 1 aliphatic carbocycles. The van der Waals surface area contributed by atoms with Crippen molar-refractivity contribution in [3.05, 3.63) is 30.1 Å². The van der Waals surface area contributed by atoms with Gasteiger partial charge in [0, 0.05) is 31.2 Å². The molecule has 1 amide bonds. The number of hydrogen-bond acceptors (Lipinski definition) is 10. The third-order valence-corrected chi connectivity index (χ3v) is 7.13. The second kappa shape index (κ2) is 11.7. The van der Waals surface area contributed by atoms with Crippen molar-refractivity contribution < 1.29 is 15.0 Å². The Morgan fingerprint density at radius 1 is 1.17 bits per heavy atom. The van der Waals surface area contributed by atoms with E-state index in [4.69, 9.17) is 0 Å². The molecule has 1 saturated carbocycles. The van der Waals surface area contributed by atoms with E-state index in [0.29, 0.717) is 28.7 Å². The van der Waals surface area contributed by atoms with Crippen LogP contribution in [0.4, 0.5) is 5.82 Å². The number of aliphatic hydroxyl groups excluding tert-OH is 2. The number of pyridine rings is 1. The molecule has 1 aliphatic rings. The molecule has 1 fully saturated rings. The minimum atomic E-state index is -1.23. The van der Waals surface area contributed by atoms with E-state index in [1.807, 2.05) is 12.1 Å². The van der Waals surface area contributed by atoms with Crippen molar-refractivity contribution in [2.45, 2.75) is 69.5 Å². The molecule has 4 rings (SSSR count). The summed E-state index contributed by atoms with van der Waals surface area (Å²) in [5.74, 6) is 0.365. The smallest absolute Gasteiger partial charge is 0.226 e. The van der Waals surface area contributed by atoms with E-state index in [-0.39, 0.29) is 12.3 Å². The monoisotopic (exact) mass is 500 g/mol. The van der Waals surface area contributed by atoms with Gasteiger partial charge in [-0.1, -0.05) is 37.2 Å². The van der Waals surface area contributed by atoms with Crippen LogP contribution in [0.15, 0.2) is 29.7 Å². The van der Waals surface area contributed by atoms with Gasteiger partial charge in [0.15, 0.2) is 22.1 Å². The van der Waals surface area contributed by atoms with E-state index in [1.54, 1.807) is 24.2 Å². The number of carbonyl (C=O) groups is 1. The van der Waals surface area contributed by atoms with Gasteiger partial charge in [0.25, 0.3) is 0 Å². The molecule has 3 heterocycles. The van der Waals surface area contributed by atoms with Crippen LogP contribution in [0.2, 0.25) is 0 Å². The first-order valence-electron chi connectivity index (χ1n) is 12.1. The summed E-state index contributed by atoms with van der Waals surface area (Å²) in [6.45, 7) is 5.27. The molecule has 3 aromatic rings. The highest BCUT2D eigenvalue weighted by atomic mass is 32.2. The average Bonchev–Trinajstić information content (AvgIpc) is 3.42. The zero-order valence-corrected chi connectivity index (χ0v) is 20.8. The van der Waals surface area contributed by atoms with Gasteiger partial charge < -0.3 is 20.8 Å². The van der Waals surface area contributed by atoms with Gasteiger partial charge >= 0.3 is 0 Å². The number of nitrogens with one attached hydrogen (secondary N) is 2. The molecule has 11 nitrogen and oxygen atoms in total. The Hall–Kier alpha value is -2.83. The SMILES string of the molecule is CCCCNc1nc(SCCC)nc2c1nnn2[C@@H]1C[C@H](C(=O)NCc2ccncc2)[C@@H](O)[C@H]1O. The van der Waals surface area contributed by atoms with Crippen molar-refractivity contribution in [1.82, 2.24) is 35.3 Å². The summed E-state index contributed by atoms with van der Waals surface area (Å²) in [5.41, 5.74) is 1.89. The highest BCUT2D eigenvalue weighted by Crippen LogP contribution is 2.37. The summed E-state index contributed by atoms with van der Waals surface area (Å²) in [5, 5.41) is 36.9. The Labute approximate surface area is 208 Å². The molecule has 12 heteroatoms. The summed E-state index contributed by atoms with van der Waals surface area (Å²) in [7, 11) is 0. The molecule has 4 atom stereocenters. The van der Waals surface area contributed by atoms with Gasteiger partial charge in [-0.15, -0.1) is 5.10 Å². The van der Waals surface area contributed by atoms with Gasteiger partial charge in [-0.3, -0.25) is 9.78 Å². The normalized spacial score (nSPS) is 21.9. The predicted octanol–water partition coefficient (Wildman–Crippen LogP) is 1.93. The molecule has 0 saturated heterocycles. The summed E-state index contributed by atoms with van der Waals surface area (Å²) in [4.78, 5) is 26.1. The third kappa shape index (κ3) is 5.71. The first kappa shape index (κ1) is 25.3. The van der Waals surface area contributed by atoms with Crippen LogP contribution in [0.1, 0.15) is 51.1 Å². The quantitative estimate of drug-likeness (QED) is 0.175.